The van der Waals surface area contributed by atoms with Crippen LogP contribution >= 0.6 is 15.9 Å². The summed E-state index contributed by atoms with van der Waals surface area (Å²) in [5, 5.41) is 10.2. The third-order valence-electron chi connectivity index (χ3n) is 7.83. The van der Waals surface area contributed by atoms with Crippen molar-refractivity contribution >= 4 is 70.1 Å². The summed E-state index contributed by atoms with van der Waals surface area (Å²) in [6, 6.07) is 48.4. The summed E-state index contributed by atoms with van der Waals surface area (Å²) in [4.78, 5) is 0. The Labute approximate surface area is 228 Å². The van der Waals surface area contributed by atoms with Crippen molar-refractivity contribution < 1.29 is 0 Å². The Kier molecular flexibility index (Phi) is 4.74. The monoisotopic (exact) mass is 547 g/mol. The molecule has 0 amide bonds. The van der Waals surface area contributed by atoms with E-state index in [-0.39, 0.29) is 0 Å². The highest BCUT2D eigenvalue weighted by atomic mass is 79.9. The van der Waals surface area contributed by atoms with Crippen molar-refractivity contribution in [1.29, 1.82) is 0 Å². The molecule has 1 aromatic heterocycles. The maximum absolute atomic E-state index is 3.85. The minimum absolute atomic E-state index is 1.13. The van der Waals surface area contributed by atoms with Crippen LogP contribution in [-0.4, -0.2) is 4.57 Å². The molecule has 1 nitrogen and oxygen atoms in total. The van der Waals surface area contributed by atoms with Gasteiger partial charge in [-0.15, -0.1) is 0 Å². The topological polar surface area (TPSA) is 4.93 Å². The first-order valence-electron chi connectivity index (χ1n) is 12.9. The van der Waals surface area contributed by atoms with Crippen LogP contribution in [0.15, 0.2) is 138 Å². The number of hydrogen-bond acceptors (Lipinski definition) is 0. The Bertz CT molecular complexity index is 2190. The van der Waals surface area contributed by atoms with Gasteiger partial charge in [0.2, 0.25) is 0 Å². The molecule has 1 heterocycles. The molecule has 178 valence electrons. The van der Waals surface area contributed by atoms with E-state index in [0.29, 0.717) is 0 Å². The molecular weight excluding hydrogens is 526 g/mol. The van der Waals surface area contributed by atoms with Crippen molar-refractivity contribution in [2.45, 2.75) is 0 Å². The van der Waals surface area contributed by atoms with E-state index in [4.69, 9.17) is 0 Å². The largest absolute Gasteiger partial charge is 0.309 e. The van der Waals surface area contributed by atoms with E-state index in [0.717, 1.165) is 4.47 Å². The van der Waals surface area contributed by atoms with Crippen LogP contribution in [0.3, 0.4) is 0 Å². The number of halogens is 1. The van der Waals surface area contributed by atoms with Crippen molar-refractivity contribution in [3.8, 4) is 16.8 Å². The predicted molar refractivity (Wildman–Crippen MR) is 166 cm³/mol. The van der Waals surface area contributed by atoms with E-state index in [9.17, 15) is 0 Å². The molecule has 0 saturated carbocycles. The van der Waals surface area contributed by atoms with Crippen LogP contribution in [-0.2, 0) is 0 Å². The highest BCUT2D eigenvalue weighted by Gasteiger charge is 2.18. The molecule has 0 aliphatic carbocycles. The zero-order valence-corrected chi connectivity index (χ0v) is 22.1. The Morgan fingerprint density at radius 3 is 1.76 bits per heavy atom. The number of rotatable bonds is 2. The summed E-state index contributed by atoms with van der Waals surface area (Å²) in [5.74, 6) is 0. The summed E-state index contributed by atoms with van der Waals surface area (Å²) in [6.45, 7) is 0. The van der Waals surface area contributed by atoms with Gasteiger partial charge in [0, 0.05) is 20.9 Å². The summed E-state index contributed by atoms with van der Waals surface area (Å²) in [5.41, 5.74) is 6.15. The molecule has 0 fully saturated rings. The average molecular weight is 548 g/mol. The summed E-state index contributed by atoms with van der Waals surface area (Å²) in [7, 11) is 0. The highest BCUT2D eigenvalue weighted by Crippen LogP contribution is 2.44. The lowest BCUT2D eigenvalue weighted by Crippen LogP contribution is -1.93. The predicted octanol–water partition coefficient (Wildman–Crippen LogP) is 10.7. The average Bonchev–Trinajstić information content (AvgIpc) is 3.32. The smallest absolute Gasteiger partial charge is 0.0547 e. The second-order valence-corrected chi connectivity index (χ2v) is 10.7. The van der Waals surface area contributed by atoms with Gasteiger partial charge in [0.05, 0.1) is 11.0 Å². The Morgan fingerprint density at radius 2 is 0.974 bits per heavy atom. The molecule has 8 aromatic rings. The van der Waals surface area contributed by atoms with Gasteiger partial charge in [0.1, 0.15) is 0 Å². The number of benzene rings is 7. The van der Waals surface area contributed by atoms with Gasteiger partial charge in [-0.1, -0.05) is 113 Å². The molecule has 0 N–H and O–H groups in total. The van der Waals surface area contributed by atoms with E-state index in [1.807, 2.05) is 0 Å². The number of aromatic nitrogens is 1. The van der Waals surface area contributed by atoms with Crippen molar-refractivity contribution in [1.82, 2.24) is 4.57 Å². The zero-order valence-electron chi connectivity index (χ0n) is 20.5. The minimum atomic E-state index is 1.13. The minimum Gasteiger partial charge on any atom is -0.309 e. The maximum Gasteiger partial charge on any atom is 0.0547 e. The van der Waals surface area contributed by atoms with E-state index in [1.165, 1.54) is 70.9 Å². The first kappa shape index (κ1) is 21.7. The third-order valence-corrected chi connectivity index (χ3v) is 8.49. The van der Waals surface area contributed by atoms with Crippen molar-refractivity contribution in [2.24, 2.45) is 0 Å². The van der Waals surface area contributed by atoms with Crippen LogP contribution in [0.25, 0.3) is 70.9 Å². The molecule has 0 atom stereocenters. The molecule has 0 radical (unpaired) electrons. The standard InChI is InChI=1S/C36H22BrN/c37-33-22-32-25-14-5-4-13-24(25)30(21-31(32)26-15-6-7-16-27(26)33)28-18-10-20-35-36(28)29-17-8-9-19-34(29)38(35)23-11-2-1-3-12-23/h1-22H. The van der Waals surface area contributed by atoms with Crippen molar-refractivity contribution in [3.05, 3.63) is 138 Å². The quantitative estimate of drug-likeness (QED) is 0.189. The van der Waals surface area contributed by atoms with Gasteiger partial charge < -0.3 is 4.57 Å². The summed E-state index contributed by atoms with van der Waals surface area (Å²) in [6.07, 6.45) is 0. The second-order valence-electron chi connectivity index (χ2n) is 9.86. The number of nitrogens with zero attached hydrogens (tertiary/aromatic N) is 1. The van der Waals surface area contributed by atoms with Crippen LogP contribution in [0.2, 0.25) is 0 Å². The van der Waals surface area contributed by atoms with Gasteiger partial charge in [0.25, 0.3) is 0 Å². The fourth-order valence-corrected chi connectivity index (χ4v) is 6.80. The lowest BCUT2D eigenvalue weighted by atomic mass is 9.89. The maximum atomic E-state index is 3.85. The van der Waals surface area contributed by atoms with Crippen molar-refractivity contribution in [3.63, 3.8) is 0 Å². The van der Waals surface area contributed by atoms with Gasteiger partial charge in [-0.2, -0.15) is 0 Å². The molecule has 7 aromatic carbocycles. The fourth-order valence-electron chi connectivity index (χ4n) is 6.23. The molecule has 2 heteroatoms. The zero-order chi connectivity index (χ0) is 25.2. The second kappa shape index (κ2) is 8.31. The van der Waals surface area contributed by atoms with Crippen LogP contribution < -0.4 is 0 Å². The molecular formula is C36H22BrN. The molecule has 0 saturated heterocycles. The van der Waals surface area contributed by atoms with Crippen molar-refractivity contribution in [2.75, 3.05) is 0 Å². The molecule has 0 aliphatic heterocycles. The fraction of sp³-hybridized carbons (Fsp3) is 0. The summed E-state index contributed by atoms with van der Waals surface area (Å²) >= 11 is 3.85. The number of hydrogen-bond donors (Lipinski definition) is 0. The Morgan fingerprint density at radius 1 is 0.395 bits per heavy atom. The molecule has 0 aliphatic rings. The first-order chi connectivity index (χ1) is 18.8. The normalized spacial score (nSPS) is 11.8. The van der Waals surface area contributed by atoms with Gasteiger partial charge in [-0.05, 0) is 79.8 Å². The Balaban J connectivity index is 1.57. The molecule has 0 unspecified atom stereocenters. The molecule has 0 bridgehead atoms. The van der Waals surface area contributed by atoms with Gasteiger partial charge >= 0.3 is 0 Å². The lowest BCUT2D eigenvalue weighted by molar-refractivity contribution is 1.18. The van der Waals surface area contributed by atoms with Crippen LogP contribution in [0.1, 0.15) is 0 Å². The number of fused-ring (bicyclic) bond motifs is 8. The molecule has 0 spiro atoms. The van der Waals surface area contributed by atoms with E-state index in [2.05, 4.69) is 154 Å². The van der Waals surface area contributed by atoms with E-state index < -0.39 is 0 Å². The van der Waals surface area contributed by atoms with Gasteiger partial charge in [-0.3, -0.25) is 0 Å². The lowest BCUT2D eigenvalue weighted by Gasteiger charge is -2.15. The number of para-hydroxylation sites is 2. The van der Waals surface area contributed by atoms with Gasteiger partial charge in [-0.25, -0.2) is 0 Å². The van der Waals surface area contributed by atoms with Crippen LogP contribution in [0, 0.1) is 0 Å². The SMILES string of the molecule is Brc1cc2c3ccccc3c(-c3cccc4c3c3ccccc3n4-c3ccccc3)cc2c2ccccc12. The molecule has 38 heavy (non-hydrogen) atoms. The van der Waals surface area contributed by atoms with Crippen LogP contribution in [0.5, 0.6) is 0 Å². The van der Waals surface area contributed by atoms with E-state index in [1.54, 1.807) is 0 Å². The highest BCUT2D eigenvalue weighted by molar-refractivity contribution is 9.10. The first-order valence-corrected chi connectivity index (χ1v) is 13.7. The molecule has 8 rings (SSSR count). The van der Waals surface area contributed by atoms with Crippen LogP contribution in [0.4, 0.5) is 0 Å². The Hall–Kier alpha value is -4.40. The van der Waals surface area contributed by atoms with Gasteiger partial charge in [0.15, 0.2) is 0 Å². The van der Waals surface area contributed by atoms with E-state index >= 15 is 0 Å². The third kappa shape index (κ3) is 3.04. The summed E-state index contributed by atoms with van der Waals surface area (Å²) < 4.78 is 3.52.